The van der Waals surface area contributed by atoms with E-state index in [0.717, 1.165) is 32.4 Å². The van der Waals surface area contributed by atoms with Gasteiger partial charge in [0, 0.05) is 50.8 Å². The molecule has 3 aromatic rings. The number of aryl methyl sites for hydroxylation is 2. The number of rotatable bonds is 7. The lowest BCUT2D eigenvalue weighted by atomic mass is 10.1. The van der Waals surface area contributed by atoms with Gasteiger partial charge in [-0.2, -0.15) is 10.1 Å². The Morgan fingerprint density at radius 3 is 2.79 bits per heavy atom. The third-order valence-corrected chi connectivity index (χ3v) is 5.67. The van der Waals surface area contributed by atoms with Gasteiger partial charge in [-0.15, -0.1) is 0 Å². The minimum Gasteiger partial charge on any atom is -0.342 e. The Hall–Kier alpha value is -4.29. The summed E-state index contributed by atoms with van der Waals surface area (Å²) in [5, 5.41) is 14.7. The molecule has 1 amide bonds. The number of amides is 1. The lowest BCUT2D eigenvalue weighted by Crippen LogP contribution is -2.33. The Bertz CT molecular complexity index is 1380. The van der Waals surface area contributed by atoms with Crippen molar-refractivity contribution in [3.8, 4) is 0 Å². The Morgan fingerprint density at radius 2 is 2.06 bits per heavy atom. The maximum absolute atomic E-state index is 12.6. The number of imidazole rings is 1. The molecule has 0 spiro atoms. The first-order chi connectivity index (χ1) is 16.3. The molecule has 0 unspecified atom stereocenters. The molecule has 2 N–H and O–H groups in total. The van der Waals surface area contributed by atoms with Gasteiger partial charge in [-0.05, 0) is 19.3 Å². The summed E-state index contributed by atoms with van der Waals surface area (Å²) in [4.78, 5) is 56.3. The number of piperidine rings is 1. The smallest absolute Gasteiger partial charge is 0.329 e. The predicted molar refractivity (Wildman–Crippen MR) is 125 cm³/mol. The van der Waals surface area contributed by atoms with Gasteiger partial charge in [0.15, 0.2) is 11.2 Å². The van der Waals surface area contributed by atoms with Crippen molar-refractivity contribution in [2.75, 3.05) is 18.0 Å². The normalized spacial score (nSPS) is 14.1. The van der Waals surface area contributed by atoms with Crippen molar-refractivity contribution in [3.05, 3.63) is 60.8 Å². The average molecular weight is 468 g/mol. The number of hydrogen-bond donors (Lipinski definition) is 2. The van der Waals surface area contributed by atoms with E-state index in [1.54, 1.807) is 10.6 Å². The van der Waals surface area contributed by atoms with Crippen molar-refractivity contribution >= 4 is 34.9 Å². The van der Waals surface area contributed by atoms with Crippen molar-refractivity contribution in [1.82, 2.24) is 24.5 Å². The fourth-order valence-corrected chi connectivity index (χ4v) is 3.94. The van der Waals surface area contributed by atoms with Gasteiger partial charge in [0.25, 0.3) is 11.2 Å². The number of hydrazone groups is 1. The second-order valence-electron chi connectivity index (χ2n) is 8.00. The Kier molecular flexibility index (Phi) is 6.52. The van der Waals surface area contributed by atoms with E-state index >= 15 is 0 Å². The first kappa shape index (κ1) is 22.9. The zero-order chi connectivity index (χ0) is 24.2. The van der Waals surface area contributed by atoms with Crippen molar-refractivity contribution in [2.45, 2.75) is 32.2 Å². The van der Waals surface area contributed by atoms with E-state index in [0.29, 0.717) is 11.5 Å². The van der Waals surface area contributed by atoms with E-state index in [1.165, 1.54) is 36.0 Å². The molecule has 3 heterocycles. The van der Waals surface area contributed by atoms with Crippen LogP contribution in [0, 0.1) is 10.1 Å². The number of benzene rings is 1. The van der Waals surface area contributed by atoms with Gasteiger partial charge in [0.05, 0.1) is 11.1 Å². The largest absolute Gasteiger partial charge is 0.342 e. The van der Waals surface area contributed by atoms with Crippen LogP contribution in [0.4, 0.5) is 11.6 Å². The number of anilines is 1. The molecular formula is C21H24N8O5. The number of nitro groups is 1. The predicted octanol–water partition coefficient (Wildman–Crippen LogP) is 0.862. The van der Waals surface area contributed by atoms with Gasteiger partial charge in [-0.3, -0.25) is 29.3 Å². The van der Waals surface area contributed by atoms with Gasteiger partial charge in [0.2, 0.25) is 11.9 Å². The molecule has 0 bridgehead atoms. The highest BCUT2D eigenvalue weighted by Gasteiger charge is 2.23. The number of hydrogen-bond acceptors (Lipinski definition) is 8. The first-order valence-electron chi connectivity index (χ1n) is 10.9. The molecule has 4 rings (SSSR count). The number of aromatic nitrogens is 4. The van der Waals surface area contributed by atoms with Crippen LogP contribution in [0.5, 0.6) is 0 Å². The van der Waals surface area contributed by atoms with E-state index in [2.05, 4.69) is 25.4 Å². The van der Waals surface area contributed by atoms with Crippen LogP contribution in [0.3, 0.4) is 0 Å². The molecule has 13 nitrogen and oxygen atoms in total. The van der Waals surface area contributed by atoms with E-state index in [9.17, 15) is 24.5 Å². The molecule has 1 fully saturated rings. The second-order valence-corrected chi connectivity index (χ2v) is 8.00. The molecule has 0 radical (unpaired) electrons. The van der Waals surface area contributed by atoms with E-state index in [4.69, 9.17) is 0 Å². The summed E-state index contributed by atoms with van der Waals surface area (Å²) in [6.07, 6.45) is 4.41. The van der Waals surface area contributed by atoms with Gasteiger partial charge in [0.1, 0.15) is 0 Å². The SMILES string of the molecule is Cn1c(=O)[nH]c(=O)c2c1nc(N1CCCCC1)n2CCC(=O)N/N=C\c1cccc([N+](=O)[O-])c1. The summed E-state index contributed by atoms with van der Waals surface area (Å²) < 4.78 is 2.95. The summed E-state index contributed by atoms with van der Waals surface area (Å²) in [6, 6.07) is 5.86. The van der Waals surface area contributed by atoms with E-state index in [1.807, 2.05) is 0 Å². The topological polar surface area (TPSA) is 161 Å². The van der Waals surface area contributed by atoms with E-state index in [-0.39, 0.29) is 29.8 Å². The minimum absolute atomic E-state index is 0.000851. The molecule has 0 aliphatic carbocycles. The molecular weight excluding hydrogens is 444 g/mol. The molecule has 1 aliphatic rings. The van der Waals surface area contributed by atoms with Crippen LogP contribution in [0.15, 0.2) is 39.0 Å². The standard InChI is InChI=1S/C21H24N8O5/c1-26-18-17(19(31)24-21(26)32)28(20(23-18)27-9-3-2-4-10-27)11-8-16(30)25-22-13-14-6-5-7-15(12-14)29(33)34/h5-7,12-13H,2-4,8-11H2,1H3,(H,25,30)(H,24,31,32)/b22-13-. The molecule has 34 heavy (non-hydrogen) atoms. The highest BCUT2D eigenvalue weighted by atomic mass is 16.6. The summed E-state index contributed by atoms with van der Waals surface area (Å²) in [5.74, 6) is 0.142. The van der Waals surface area contributed by atoms with Gasteiger partial charge in [-0.25, -0.2) is 10.2 Å². The number of aromatic amines is 1. The van der Waals surface area contributed by atoms with Gasteiger partial charge >= 0.3 is 5.69 Å². The highest BCUT2D eigenvalue weighted by molar-refractivity contribution is 5.83. The van der Waals surface area contributed by atoms with Crippen molar-refractivity contribution in [1.29, 1.82) is 0 Å². The number of nitrogens with one attached hydrogen (secondary N) is 2. The molecule has 13 heteroatoms. The highest BCUT2D eigenvalue weighted by Crippen LogP contribution is 2.23. The van der Waals surface area contributed by atoms with Crippen LogP contribution >= 0.6 is 0 Å². The molecule has 1 saturated heterocycles. The number of carbonyl (C=O) groups is 1. The van der Waals surface area contributed by atoms with Crippen LogP contribution in [0.25, 0.3) is 11.2 Å². The Labute approximate surface area is 192 Å². The van der Waals surface area contributed by atoms with Crippen molar-refractivity contribution < 1.29 is 9.72 Å². The summed E-state index contributed by atoms with van der Waals surface area (Å²) in [5.41, 5.74) is 2.17. The van der Waals surface area contributed by atoms with Gasteiger partial charge < -0.3 is 9.47 Å². The van der Waals surface area contributed by atoms with Crippen LogP contribution in [0.1, 0.15) is 31.2 Å². The van der Waals surface area contributed by atoms with Crippen LogP contribution in [0.2, 0.25) is 0 Å². The number of carbonyl (C=O) groups excluding carboxylic acids is 1. The van der Waals surface area contributed by atoms with Gasteiger partial charge in [-0.1, -0.05) is 12.1 Å². The van der Waals surface area contributed by atoms with E-state index < -0.39 is 22.1 Å². The number of nitrogens with zero attached hydrogens (tertiary/aromatic N) is 6. The maximum atomic E-state index is 12.6. The summed E-state index contributed by atoms with van der Waals surface area (Å²) in [7, 11) is 1.53. The minimum atomic E-state index is -0.557. The number of H-pyrrole nitrogens is 1. The van der Waals surface area contributed by atoms with Crippen LogP contribution in [-0.4, -0.2) is 49.2 Å². The molecule has 2 aromatic heterocycles. The summed E-state index contributed by atoms with van der Waals surface area (Å²) in [6.45, 7) is 1.70. The summed E-state index contributed by atoms with van der Waals surface area (Å²) >= 11 is 0. The van der Waals surface area contributed by atoms with Crippen molar-refractivity contribution in [2.24, 2.45) is 12.1 Å². The molecule has 1 aromatic carbocycles. The second kappa shape index (κ2) is 9.68. The Balaban J connectivity index is 1.53. The fourth-order valence-electron chi connectivity index (χ4n) is 3.94. The first-order valence-corrected chi connectivity index (χ1v) is 10.9. The Morgan fingerprint density at radius 1 is 1.29 bits per heavy atom. The number of non-ortho nitro benzene ring substituents is 1. The van der Waals surface area contributed by atoms with Crippen LogP contribution < -0.4 is 21.6 Å². The monoisotopic (exact) mass is 468 g/mol. The molecule has 178 valence electrons. The third-order valence-electron chi connectivity index (χ3n) is 5.67. The fraction of sp³-hybridized carbons (Fsp3) is 0.381. The lowest BCUT2D eigenvalue weighted by molar-refractivity contribution is -0.384. The maximum Gasteiger partial charge on any atom is 0.329 e. The van der Waals surface area contributed by atoms with Crippen molar-refractivity contribution in [3.63, 3.8) is 0 Å². The molecule has 0 atom stereocenters. The van der Waals surface area contributed by atoms with Crippen LogP contribution in [-0.2, 0) is 18.4 Å². The zero-order valence-electron chi connectivity index (χ0n) is 18.6. The number of nitro benzene ring substituents is 1. The quantitative estimate of drug-likeness (QED) is 0.295. The third kappa shape index (κ3) is 4.72. The average Bonchev–Trinajstić information content (AvgIpc) is 3.22. The molecule has 1 aliphatic heterocycles. The molecule has 0 saturated carbocycles. The lowest BCUT2D eigenvalue weighted by Gasteiger charge is -2.28. The number of fused-ring (bicyclic) bond motifs is 1. The zero-order valence-corrected chi connectivity index (χ0v) is 18.6.